The number of hydrogen-bond acceptors (Lipinski definition) is 4. The molecule has 2 aromatic rings. The predicted molar refractivity (Wildman–Crippen MR) is 88.0 cm³/mol. The van der Waals surface area contributed by atoms with Gasteiger partial charge in [-0.2, -0.15) is 0 Å². The van der Waals surface area contributed by atoms with Crippen molar-refractivity contribution >= 4 is 0 Å². The summed E-state index contributed by atoms with van der Waals surface area (Å²) in [6.45, 7) is 0.361. The van der Waals surface area contributed by atoms with Crippen LogP contribution >= 0.6 is 0 Å². The van der Waals surface area contributed by atoms with E-state index in [1.807, 2.05) is 12.1 Å². The number of halogens is 1. The van der Waals surface area contributed by atoms with Gasteiger partial charge >= 0.3 is 0 Å². The Balaban J connectivity index is 2.43. The molecule has 0 amide bonds. The van der Waals surface area contributed by atoms with E-state index in [0.29, 0.717) is 35.8 Å². The summed E-state index contributed by atoms with van der Waals surface area (Å²) >= 11 is 0. The summed E-state index contributed by atoms with van der Waals surface area (Å²) in [6, 6.07) is 10.4. The lowest BCUT2D eigenvalue weighted by molar-refractivity contribution is 0.320. The number of nitrogens with two attached hydrogens (primary N) is 1. The first-order valence-corrected chi connectivity index (χ1v) is 7.38. The van der Waals surface area contributed by atoms with Gasteiger partial charge in [-0.1, -0.05) is 24.3 Å². The maximum atomic E-state index is 13.9. The first-order valence-electron chi connectivity index (χ1n) is 7.38. The summed E-state index contributed by atoms with van der Waals surface area (Å²) in [4.78, 5) is 0. The van der Waals surface area contributed by atoms with Crippen LogP contribution in [0.3, 0.4) is 0 Å². The van der Waals surface area contributed by atoms with E-state index in [1.54, 1.807) is 39.5 Å². The average Bonchev–Trinajstić information content (AvgIpc) is 2.59. The molecule has 0 saturated carbocycles. The zero-order valence-corrected chi connectivity index (χ0v) is 13.6. The van der Waals surface area contributed by atoms with Crippen molar-refractivity contribution in [2.75, 3.05) is 27.9 Å². The molecule has 2 rings (SSSR count). The molecule has 4 nitrogen and oxygen atoms in total. The maximum absolute atomic E-state index is 13.9. The summed E-state index contributed by atoms with van der Waals surface area (Å²) in [5.41, 5.74) is 7.43. The van der Waals surface area contributed by atoms with Gasteiger partial charge in [-0.3, -0.25) is 0 Å². The van der Waals surface area contributed by atoms with Gasteiger partial charge in [-0.05, 0) is 30.7 Å². The van der Waals surface area contributed by atoms with Crippen LogP contribution in [0.4, 0.5) is 4.39 Å². The lowest BCUT2D eigenvalue weighted by atomic mass is 9.90. The fraction of sp³-hybridized carbons (Fsp3) is 0.333. The van der Waals surface area contributed by atoms with Crippen molar-refractivity contribution in [1.29, 1.82) is 0 Å². The van der Waals surface area contributed by atoms with Crippen molar-refractivity contribution in [2.24, 2.45) is 5.73 Å². The summed E-state index contributed by atoms with van der Waals surface area (Å²) in [7, 11) is 4.69. The Morgan fingerprint density at radius 3 is 2.22 bits per heavy atom. The van der Waals surface area contributed by atoms with Gasteiger partial charge in [-0.25, -0.2) is 4.39 Å². The molecule has 23 heavy (non-hydrogen) atoms. The fourth-order valence-electron chi connectivity index (χ4n) is 2.70. The molecule has 2 N–H and O–H groups in total. The monoisotopic (exact) mass is 319 g/mol. The van der Waals surface area contributed by atoms with Crippen molar-refractivity contribution in [3.8, 4) is 17.2 Å². The van der Waals surface area contributed by atoms with E-state index in [9.17, 15) is 4.39 Å². The van der Waals surface area contributed by atoms with E-state index in [-0.39, 0.29) is 11.7 Å². The summed E-state index contributed by atoms with van der Waals surface area (Å²) in [5, 5.41) is 0. The Morgan fingerprint density at radius 2 is 1.65 bits per heavy atom. The van der Waals surface area contributed by atoms with E-state index in [2.05, 4.69) is 0 Å². The molecular formula is C18H22FNO3. The van der Waals surface area contributed by atoms with E-state index in [4.69, 9.17) is 19.9 Å². The van der Waals surface area contributed by atoms with E-state index in [1.165, 1.54) is 6.07 Å². The SMILES string of the molecule is COc1ccc(C(CN)Cc2ccccc2F)c(OC)c1OC. The second-order valence-corrected chi connectivity index (χ2v) is 5.15. The molecule has 1 unspecified atom stereocenters. The Morgan fingerprint density at radius 1 is 0.957 bits per heavy atom. The highest BCUT2D eigenvalue weighted by Crippen LogP contribution is 2.43. The fourth-order valence-corrected chi connectivity index (χ4v) is 2.70. The molecule has 0 aliphatic rings. The second kappa shape index (κ2) is 7.83. The van der Waals surface area contributed by atoms with Crippen molar-refractivity contribution < 1.29 is 18.6 Å². The highest BCUT2D eigenvalue weighted by Gasteiger charge is 2.22. The number of methoxy groups -OCH3 is 3. The molecule has 0 radical (unpaired) electrons. The van der Waals surface area contributed by atoms with Crippen LogP contribution in [0.1, 0.15) is 17.0 Å². The second-order valence-electron chi connectivity index (χ2n) is 5.15. The summed E-state index contributed by atoms with van der Waals surface area (Å²) in [6.07, 6.45) is 0.481. The number of rotatable bonds is 7. The summed E-state index contributed by atoms with van der Waals surface area (Å²) < 4.78 is 30.1. The Labute approximate surface area is 136 Å². The smallest absolute Gasteiger partial charge is 0.203 e. The molecule has 0 aliphatic heterocycles. The molecule has 5 heteroatoms. The van der Waals surface area contributed by atoms with Gasteiger partial charge in [-0.15, -0.1) is 0 Å². The third-order valence-electron chi connectivity index (χ3n) is 3.88. The standard InChI is InChI=1S/C18H22FNO3/c1-21-16-9-8-14(17(22-2)18(16)23-3)13(11-20)10-12-6-4-5-7-15(12)19/h4-9,13H,10-11,20H2,1-3H3. The lowest BCUT2D eigenvalue weighted by Crippen LogP contribution is -2.17. The van der Waals surface area contributed by atoms with Crippen LogP contribution in [0.2, 0.25) is 0 Å². The van der Waals surface area contributed by atoms with Crippen molar-refractivity contribution in [3.63, 3.8) is 0 Å². The Hall–Kier alpha value is -2.27. The van der Waals surface area contributed by atoms with Crippen LogP contribution in [-0.4, -0.2) is 27.9 Å². The molecule has 0 heterocycles. The lowest BCUT2D eigenvalue weighted by Gasteiger charge is -2.21. The zero-order valence-electron chi connectivity index (χ0n) is 13.6. The van der Waals surface area contributed by atoms with Crippen LogP contribution in [0, 0.1) is 5.82 Å². The number of hydrogen-bond donors (Lipinski definition) is 1. The van der Waals surface area contributed by atoms with E-state index in [0.717, 1.165) is 5.56 Å². The van der Waals surface area contributed by atoms with Crippen LogP contribution in [-0.2, 0) is 6.42 Å². The normalized spacial score (nSPS) is 11.9. The zero-order chi connectivity index (χ0) is 16.8. The maximum Gasteiger partial charge on any atom is 0.203 e. The molecule has 124 valence electrons. The van der Waals surface area contributed by atoms with Crippen LogP contribution in [0.25, 0.3) is 0 Å². The summed E-state index contributed by atoms with van der Waals surface area (Å²) in [5.74, 6) is 1.33. The predicted octanol–water partition coefficient (Wildman–Crippen LogP) is 3.14. The van der Waals surface area contributed by atoms with Gasteiger partial charge in [0.25, 0.3) is 0 Å². The molecule has 0 spiro atoms. The highest BCUT2D eigenvalue weighted by atomic mass is 19.1. The van der Waals surface area contributed by atoms with Crippen molar-refractivity contribution in [3.05, 3.63) is 53.3 Å². The first-order chi connectivity index (χ1) is 11.2. The molecule has 0 fully saturated rings. The Bertz CT molecular complexity index is 661. The number of ether oxygens (including phenoxy) is 3. The van der Waals surface area contributed by atoms with Crippen LogP contribution in [0.5, 0.6) is 17.2 Å². The topological polar surface area (TPSA) is 53.7 Å². The third-order valence-corrected chi connectivity index (χ3v) is 3.88. The van der Waals surface area contributed by atoms with Gasteiger partial charge in [0.2, 0.25) is 5.75 Å². The minimum atomic E-state index is -0.231. The molecule has 1 atom stereocenters. The van der Waals surface area contributed by atoms with Gasteiger partial charge in [0.1, 0.15) is 5.82 Å². The largest absolute Gasteiger partial charge is 0.493 e. The van der Waals surface area contributed by atoms with E-state index < -0.39 is 0 Å². The average molecular weight is 319 g/mol. The van der Waals surface area contributed by atoms with Gasteiger partial charge in [0, 0.05) is 11.5 Å². The quantitative estimate of drug-likeness (QED) is 0.852. The first kappa shape index (κ1) is 17.1. The minimum absolute atomic E-state index is 0.0957. The van der Waals surface area contributed by atoms with Gasteiger partial charge in [0.15, 0.2) is 11.5 Å². The van der Waals surface area contributed by atoms with Crippen LogP contribution < -0.4 is 19.9 Å². The Kier molecular flexibility index (Phi) is 5.82. The third kappa shape index (κ3) is 3.56. The van der Waals surface area contributed by atoms with Crippen molar-refractivity contribution in [1.82, 2.24) is 0 Å². The van der Waals surface area contributed by atoms with Gasteiger partial charge in [0.05, 0.1) is 21.3 Å². The molecule has 2 aromatic carbocycles. The van der Waals surface area contributed by atoms with Crippen LogP contribution in [0.15, 0.2) is 36.4 Å². The van der Waals surface area contributed by atoms with Crippen molar-refractivity contribution in [2.45, 2.75) is 12.3 Å². The van der Waals surface area contributed by atoms with Gasteiger partial charge < -0.3 is 19.9 Å². The molecule has 0 aliphatic carbocycles. The molecule has 0 bridgehead atoms. The molecule has 0 aromatic heterocycles. The molecule has 0 saturated heterocycles. The molecular weight excluding hydrogens is 297 g/mol. The minimum Gasteiger partial charge on any atom is -0.493 e. The number of benzene rings is 2. The van der Waals surface area contributed by atoms with E-state index >= 15 is 0 Å². The highest BCUT2D eigenvalue weighted by molar-refractivity contribution is 5.57.